The maximum absolute atomic E-state index is 10.8. The second-order valence-electron chi connectivity index (χ2n) is 3.31. The minimum Gasteiger partial charge on any atom is -0.391 e. The molecule has 1 aliphatic carbocycles. The molecule has 0 saturated carbocycles. The van der Waals surface area contributed by atoms with Crippen molar-refractivity contribution >= 4 is 5.78 Å². The van der Waals surface area contributed by atoms with E-state index in [2.05, 4.69) is 5.32 Å². The van der Waals surface area contributed by atoms with Crippen LogP contribution < -0.4 is 5.32 Å². The summed E-state index contributed by atoms with van der Waals surface area (Å²) < 4.78 is 0. The lowest BCUT2D eigenvalue weighted by atomic mass is 10.2. The van der Waals surface area contributed by atoms with E-state index in [0.29, 0.717) is 6.42 Å². The Balaban J connectivity index is 2.41. The van der Waals surface area contributed by atoms with E-state index in [0.717, 1.165) is 12.1 Å². The Morgan fingerprint density at radius 1 is 1.50 bits per heavy atom. The summed E-state index contributed by atoms with van der Waals surface area (Å²) in [6, 6.07) is 0.0159. The van der Waals surface area contributed by atoms with Crippen LogP contribution in [-0.4, -0.2) is 23.0 Å². The van der Waals surface area contributed by atoms with Crippen LogP contribution in [0.25, 0.3) is 0 Å². The molecule has 1 rings (SSSR count). The van der Waals surface area contributed by atoms with E-state index >= 15 is 0 Å². The van der Waals surface area contributed by atoms with Gasteiger partial charge in [0.15, 0.2) is 5.78 Å². The summed E-state index contributed by atoms with van der Waals surface area (Å²) in [6.45, 7) is 3.63. The lowest BCUT2D eigenvalue weighted by Gasteiger charge is -2.18. The van der Waals surface area contributed by atoms with Crippen LogP contribution >= 0.6 is 0 Å². The van der Waals surface area contributed by atoms with Crippen molar-refractivity contribution in [1.29, 1.82) is 0 Å². The highest BCUT2D eigenvalue weighted by atomic mass is 16.3. The van der Waals surface area contributed by atoms with Crippen LogP contribution in [0.3, 0.4) is 0 Å². The van der Waals surface area contributed by atoms with E-state index in [1.807, 2.05) is 6.92 Å². The summed E-state index contributed by atoms with van der Waals surface area (Å²) in [5, 5.41) is 12.3. The molecule has 0 radical (unpaired) electrons. The minimum absolute atomic E-state index is 0.0159. The zero-order valence-electron chi connectivity index (χ0n) is 7.50. The Labute approximate surface area is 72.5 Å². The number of ketones is 1. The maximum Gasteiger partial charge on any atom is 0.157 e. The van der Waals surface area contributed by atoms with Gasteiger partial charge in [-0.1, -0.05) is 0 Å². The number of hydrogen-bond acceptors (Lipinski definition) is 3. The largest absolute Gasteiger partial charge is 0.391 e. The topological polar surface area (TPSA) is 49.3 Å². The number of nitrogens with one attached hydrogen (secondary N) is 1. The maximum atomic E-state index is 10.8. The number of carbonyl (C=O) groups excluding carboxylic acids is 1. The highest BCUT2D eigenvalue weighted by molar-refractivity contribution is 5.92. The summed E-state index contributed by atoms with van der Waals surface area (Å²) in [4.78, 5) is 10.8. The first-order chi connectivity index (χ1) is 5.59. The molecule has 0 spiro atoms. The van der Waals surface area contributed by atoms with Crippen molar-refractivity contribution in [2.75, 3.05) is 0 Å². The van der Waals surface area contributed by atoms with Crippen molar-refractivity contribution in [3.8, 4) is 0 Å². The molecular weight excluding hydrogens is 154 g/mol. The monoisotopic (exact) mass is 169 g/mol. The van der Waals surface area contributed by atoms with Gasteiger partial charge in [-0.3, -0.25) is 4.79 Å². The van der Waals surface area contributed by atoms with E-state index in [-0.39, 0.29) is 17.9 Å². The molecule has 1 aliphatic rings. The standard InChI is InChI=1S/C9H15NO2/c1-6(7(2)11)10-8-3-4-9(12)5-8/h5-7,10-11H,3-4H2,1-2H3. The number of allylic oxidation sites excluding steroid dienone is 2. The number of carbonyl (C=O) groups is 1. The number of rotatable bonds is 3. The summed E-state index contributed by atoms with van der Waals surface area (Å²) in [5.41, 5.74) is 0.952. The quantitative estimate of drug-likeness (QED) is 0.650. The highest BCUT2D eigenvalue weighted by Crippen LogP contribution is 2.12. The second kappa shape index (κ2) is 3.72. The van der Waals surface area contributed by atoms with Gasteiger partial charge >= 0.3 is 0 Å². The zero-order chi connectivity index (χ0) is 9.14. The Morgan fingerprint density at radius 3 is 2.58 bits per heavy atom. The third-order valence-corrected chi connectivity index (χ3v) is 2.11. The molecule has 0 saturated heterocycles. The molecule has 3 nitrogen and oxygen atoms in total. The van der Waals surface area contributed by atoms with Crippen molar-refractivity contribution in [2.24, 2.45) is 0 Å². The van der Waals surface area contributed by atoms with E-state index in [1.54, 1.807) is 13.0 Å². The third kappa shape index (κ3) is 2.34. The molecule has 68 valence electrons. The normalized spacial score (nSPS) is 21.9. The van der Waals surface area contributed by atoms with E-state index in [9.17, 15) is 9.90 Å². The minimum atomic E-state index is -0.387. The molecule has 0 aromatic carbocycles. The Hall–Kier alpha value is -0.830. The molecule has 12 heavy (non-hydrogen) atoms. The van der Waals surface area contributed by atoms with Gasteiger partial charge in [-0.15, -0.1) is 0 Å². The van der Waals surface area contributed by atoms with Crippen molar-refractivity contribution in [3.05, 3.63) is 11.8 Å². The van der Waals surface area contributed by atoms with Gasteiger partial charge in [0.05, 0.1) is 6.10 Å². The molecule has 2 N–H and O–H groups in total. The number of hydrogen-bond donors (Lipinski definition) is 2. The molecule has 0 heterocycles. The SMILES string of the molecule is CC(O)C(C)NC1=CC(=O)CC1. The Morgan fingerprint density at radius 2 is 2.17 bits per heavy atom. The van der Waals surface area contributed by atoms with Crippen LogP contribution in [-0.2, 0) is 4.79 Å². The van der Waals surface area contributed by atoms with Crippen LogP contribution in [0.15, 0.2) is 11.8 Å². The predicted molar refractivity (Wildman–Crippen MR) is 46.6 cm³/mol. The van der Waals surface area contributed by atoms with E-state index in [4.69, 9.17) is 0 Å². The first kappa shape index (κ1) is 9.26. The number of aliphatic hydroxyl groups excluding tert-OH is 1. The Kier molecular flexibility index (Phi) is 2.87. The van der Waals surface area contributed by atoms with Crippen LogP contribution in [0.4, 0.5) is 0 Å². The van der Waals surface area contributed by atoms with Gasteiger partial charge in [-0.25, -0.2) is 0 Å². The molecule has 0 aromatic heterocycles. The van der Waals surface area contributed by atoms with E-state index in [1.165, 1.54) is 0 Å². The van der Waals surface area contributed by atoms with Crippen molar-refractivity contribution in [2.45, 2.75) is 38.8 Å². The average molecular weight is 169 g/mol. The summed E-state index contributed by atoms with van der Waals surface area (Å²) >= 11 is 0. The van der Waals surface area contributed by atoms with Gasteiger partial charge in [0.2, 0.25) is 0 Å². The lowest BCUT2D eigenvalue weighted by molar-refractivity contribution is -0.114. The zero-order valence-corrected chi connectivity index (χ0v) is 7.50. The van der Waals surface area contributed by atoms with Crippen LogP contribution in [0.1, 0.15) is 26.7 Å². The van der Waals surface area contributed by atoms with Crippen molar-refractivity contribution in [3.63, 3.8) is 0 Å². The predicted octanol–water partition coefficient (Wildman–Crippen LogP) is 0.592. The third-order valence-electron chi connectivity index (χ3n) is 2.11. The smallest absolute Gasteiger partial charge is 0.157 e. The van der Waals surface area contributed by atoms with Crippen molar-refractivity contribution in [1.82, 2.24) is 5.32 Å². The van der Waals surface area contributed by atoms with Gasteiger partial charge in [-0.05, 0) is 20.3 Å². The number of aliphatic hydroxyl groups is 1. The lowest BCUT2D eigenvalue weighted by Crippen LogP contribution is -2.34. The van der Waals surface area contributed by atoms with Gasteiger partial charge < -0.3 is 10.4 Å². The molecule has 3 heteroatoms. The van der Waals surface area contributed by atoms with Gasteiger partial charge in [0.25, 0.3) is 0 Å². The summed E-state index contributed by atoms with van der Waals surface area (Å²) in [6.07, 6.45) is 2.63. The average Bonchev–Trinajstić information content (AvgIpc) is 2.35. The first-order valence-corrected chi connectivity index (χ1v) is 4.27. The molecule has 0 amide bonds. The molecule has 0 fully saturated rings. The fourth-order valence-electron chi connectivity index (χ4n) is 1.12. The molecule has 0 aliphatic heterocycles. The Bertz CT molecular complexity index is 209. The molecule has 0 bridgehead atoms. The van der Waals surface area contributed by atoms with Gasteiger partial charge in [0, 0.05) is 24.2 Å². The fourth-order valence-corrected chi connectivity index (χ4v) is 1.12. The van der Waals surface area contributed by atoms with Gasteiger partial charge in [0.1, 0.15) is 0 Å². The van der Waals surface area contributed by atoms with Crippen molar-refractivity contribution < 1.29 is 9.90 Å². The molecule has 2 atom stereocenters. The van der Waals surface area contributed by atoms with E-state index < -0.39 is 0 Å². The summed E-state index contributed by atoms with van der Waals surface area (Å²) in [7, 11) is 0. The first-order valence-electron chi connectivity index (χ1n) is 4.27. The molecular formula is C9H15NO2. The highest BCUT2D eigenvalue weighted by Gasteiger charge is 2.15. The van der Waals surface area contributed by atoms with Crippen LogP contribution in [0, 0.1) is 0 Å². The summed E-state index contributed by atoms with van der Waals surface area (Å²) in [5.74, 6) is 0.176. The second-order valence-corrected chi connectivity index (χ2v) is 3.31. The van der Waals surface area contributed by atoms with Crippen LogP contribution in [0.5, 0.6) is 0 Å². The molecule has 2 unspecified atom stereocenters. The van der Waals surface area contributed by atoms with Crippen LogP contribution in [0.2, 0.25) is 0 Å². The van der Waals surface area contributed by atoms with Gasteiger partial charge in [-0.2, -0.15) is 0 Å². The molecule has 0 aromatic rings. The fraction of sp³-hybridized carbons (Fsp3) is 0.667.